The van der Waals surface area contributed by atoms with Crippen LogP contribution in [0.15, 0.2) is 35.7 Å². The molecule has 26 heavy (non-hydrogen) atoms. The molecular formula is C18H27N3O4S. The lowest BCUT2D eigenvalue weighted by Crippen LogP contribution is -2.54. The van der Waals surface area contributed by atoms with E-state index in [1.165, 1.54) is 6.08 Å². The van der Waals surface area contributed by atoms with Crippen molar-refractivity contribution in [3.63, 3.8) is 0 Å². The summed E-state index contributed by atoms with van der Waals surface area (Å²) in [6, 6.07) is 7.23. The molecule has 1 unspecified atom stereocenters. The Morgan fingerprint density at radius 1 is 1.08 bits per heavy atom. The maximum Gasteiger partial charge on any atom is 0.242 e. The number of nitrogens with one attached hydrogen (secondary N) is 3. The van der Waals surface area contributed by atoms with Gasteiger partial charge in [-0.15, -0.1) is 0 Å². The van der Waals surface area contributed by atoms with E-state index < -0.39 is 28.0 Å². The third-order valence-electron chi connectivity index (χ3n) is 3.58. The Morgan fingerprint density at radius 3 is 2.23 bits per heavy atom. The van der Waals surface area contributed by atoms with Crippen LogP contribution in [0.2, 0.25) is 0 Å². The predicted molar refractivity (Wildman–Crippen MR) is 102 cm³/mol. The van der Waals surface area contributed by atoms with Crippen LogP contribution in [0, 0.1) is 5.92 Å². The van der Waals surface area contributed by atoms with Gasteiger partial charge in [-0.25, -0.2) is 8.42 Å². The average molecular weight is 381 g/mol. The molecule has 0 spiro atoms. The van der Waals surface area contributed by atoms with E-state index in [9.17, 15) is 18.0 Å². The van der Waals surface area contributed by atoms with Crippen molar-refractivity contribution in [1.29, 1.82) is 0 Å². The zero-order chi connectivity index (χ0) is 19.7. The predicted octanol–water partition coefficient (Wildman–Crippen LogP) is 1.24. The molecule has 0 fully saturated rings. The molecule has 0 heterocycles. The van der Waals surface area contributed by atoms with Crippen molar-refractivity contribution in [2.45, 2.75) is 39.8 Å². The number of hydrogen-bond acceptors (Lipinski definition) is 4. The van der Waals surface area contributed by atoms with Crippen LogP contribution in [0.4, 0.5) is 0 Å². The SMILES string of the molecule is CCNC(=O)C(C)NC(=O)[C@@H](NS(=O)(=O)/C=C/c1ccccc1)C(C)C. The third-order valence-corrected chi connectivity index (χ3v) is 4.66. The Labute approximate surface area is 155 Å². The summed E-state index contributed by atoms with van der Waals surface area (Å²) in [6.07, 6.45) is 1.45. The molecule has 2 atom stereocenters. The van der Waals surface area contributed by atoms with E-state index in [-0.39, 0.29) is 11.8 Å². The van der Waals surface area contributed by atoms with E-state index >= 15 is 0 Å². The second-order valence-electron chi connectivity index (χ2n) is 6.22. The fraction of sp³-hybridized carbons (Fsp3) is 0.444. The molecular weight excluding hydrogens is 354 g/mol. The van der Waals surface area contributed by atoms with Crippen LogP contribution in [0.3, 0.4) is 0 Å². The molecule has 0 aromatic heterocycles. The van der Waals surface area contributed by atoms with Gasteiger partial charge in [0.1, 0.15) is 12.1 Å². The molecule has 0 bridgehead atoms. The third kappa shape index (κ3) is 7.37. The normalized spacial score (nSPS) is 14.2. The van der Waals surface area contributed by atoms with Crippen LogP contribution in [-0.4, -0.2) is 38.9 Å². The Morgan fingerprint density at radius 2 is 1.69 bits per heavy atom. The zero-order valence-electron chi connectivity index (χ0n) is 15.5. The number of hydrogen-bond donors (Lipinski definition) is 3. The summed E-state index contributed by atoms with van der Waals surface area (Å²) in [5.74, 6) is -1.16. The standard InChI is InChI=1S/C18H27N3O4S/c1-5-19-17(22)14(4)20-18(23)16(13(2)3)21-26(24,25)12-11-15-9-7-6-8-10-15/h6-14,16,21H,5H2,1-4H3,(H,19,22)(H,20,23)/b12-11+/t14?,16-/m0/s1. The fourth-order valence-electron chi connectivity index (χ4n) is 2.14. The summed E-state index contributed by atoms with van der Waals surface area (Å²) in [5.41, 5.74) is 0.730. The Balaban J connectivity index is 2.81. The summed E-state index contributed by atoms with van der Waals surface area (Å²) in [5, 5.41) is 6.17. The zero-order valence-corrected chi connectivity index (χ0v) is 16.3. The molecule has 144 valence electrons. The maximum absolute atomic E-state index is 12.4. The first-order valence-corrected chi connectivity index (χ1v) is 10.0. The van der Waals surface area contributed by atoms with E-state index in [0.717, 1.165) is 11.0 Å². The smallest absolute Gasteiger partial charge is 0.242 e. The lowest BCUT2D eigenvalue weighted by Gasteiger charge is -2.23. The first-order valence-electron chi connectivity index (χ1n) is 8.49. The van der Waals surface area contributed by atoms with Crippen molar-refractivity contribution in [3.05, 3.63) is 41.3 Å². The van der Waals surface area contributed by atoms with E-state index in [0.29, 0.717) is 6.54 Å². The van der Waals surface area contributed by atoms with E-state index in [4.69, 9.17) is 0 Å². The molecule has 0 aliphatic heterocycles. The van der Waals surface area contributed by atoms with Crippen LogP contribution in [-0.2, 0) is 19.6 Å². The van der Waals surface area contributed by atoms with Gasteiger partial charge in [0, 0.05) is 12.0 Å². The molecule has 0 saturated heterocycles. The maximum atomic E-state index is 12.4. The van der Waals surface area contributed by atoms with Crippen molar-refractivity contribution in [1.82, 2.24) is 15.4 Å². The van der Waals surface area contributed by atoms with Gasteiger partial charge in [0.05, 0.1) is 0 Å². The summed E-state index contributed by atoms with van der Waals surface area (Å²) in [6.45, 7) is 7.22. The molecule has 3 N–H and O–H groups in total. The van der Waals surface area contributed by atoms with E-state index in [1.807, 2.05) is 6.07 Å². The van der Waals surface area contributed by atoms with Crippen molar-refractivity contribution >= 4 is 27.9 Å². The summed E-state index contributed by atoms with van der Waals surface area (Å²) >= 11 is 0. The minimum atomic E-state index is -3.83. The molecule has 0 aliphatic carbocycles. The second-order valence-corrected chi connectivity index (χ2v) is 7.82. The Hall–Kier alpha value is -2.19. The largest absolute Gasteiger partial charge is 0.355 e. The van der Waals surface area contributed by atoms with Gasteiger partial charge in [-0.05, 0) is 31.4 Å². The number of likely N-dealkylation sites (N-methyl/N-ethyl adjacent to an activating group) is 1. The van der Waals surface area contributed by atoms with E-state index in [1.54, 1.807) is 52.0 Å². The molecule has 1 aromatic carbocycles. The Bertz CT molecular complexity index is 730. The number of sulfonamides is 1. The van der Waals surface area contributed by atoms with Gasteiger partial charge < -0.3 is 10.6 Å². The first-order chi connectivity index (χ1) is 12.2. The van der Waals surface area contributed by atoms with Crippen molar-refractivity contribution in [3.8, 4) is 0 Å². The van der Waals surface area contributed by atoms with Crippen LogP contribution in [0.1, 0.15) is 33.3 Å². The van der Waals surface area contributed by atoms with Gasteiger partial charge in [0.15, 0.2) is 0 Å². The number of carbonyl (C=O) groups is 2. The molecule has 8 heteroatoms. The van der Waals surface area contributed by atoms with Gasteiger partial charge in [-0.1, -0.05) is 44.2 Å². The molecule has 2 amide bonds. The number of carbonyl (C=O) groups excluding carboxylic acids is 2. The van der Waals surface area contributed by atoms with Crippen molar-refractivity contribution in [2.75, 3.05) is 6.54 Å². The highest BCUT2D eigenvalue weighted by Crippen LogP contribution is 2.07. The first kappa shape index (κ1) is 21.9. The van der Waals surface area contributed by atoms with Gasteiger partial charge in [-0.2, -0.15) is 4.72 Å². The lowest BCUT2D eigenvalue weighted by atomic mass is 10.0. The van der Waals surface area contributed by atoms with E-state index in [2.05, 4.69) is 15.4 Å². The number of benzene rings is 1. The summed E-state index contributed by atoms with van der Waals surface area (Å²) < 4.78 is 27.0. The summed E-state index contributed by atoms with van der Waals surface area (Å²) in [4.78, 5) is 24.2. The molecule has 1 rings (SSSR count). The van der Waals surface area contributed by atoms with Gasteiger partial charge in [0.25, 0.3) is 0 Å². The number of rotatable bonds is 9. The lowest BCUT2D eigenvalue weighted by molar-refractivity contribution is -0.129. The number of amides is 2. The minimum absolute atomic E-state index is 0.295. The van der Waals surface area contributed by atoms with Crippen molar-refractivity contribution in [2.24, 2.45) is 5.92 Å². The highest BCUT2D eigenvalue weighted by molar-refractivity contribution is 7.92. The molecule has 0 saturated carbocycles. The quantitative estimate of drug-likeness (QED) is 0.599. The van der Waals surface area contributed by atoms with Crippen LogP contribution in [0.5, 0.6) is 0 Å². The van der Waals surface area contributed by atoms with Crippen LogP contribution < -0.4 is 15.4 Å². The molecule has 0 radical (unpaired) electrons. The summed E-state index contributed by atoms with van der Waals surface area (Å²) in [7, 11) is -3.83. The van der Waals surface area contributed by atoms with Crippen LogP contribution >= 0.6 is 0 Å². The topological polar surface area (TPSA) is 104 Å². The Kier molecular flexibility index (Phi) is 8.47. The highest BCUT2D eigenvalue weighted by Gasteiger charge is 2.28. The molecule has 7 nitrogen and oxygen atoms in total. The van der Waals surface area contributed by atoms with Crippen LogP contribution in [0.25, 0.3) is 6.08 Å². The average Bonchev–Trinajstić information content (AvgIpc) is 2.59. The monoisotopic (exact) mass is 381 g/mol. The molecule has 1 aromatic rings. The highest BCUT2D eigenvalue weighted by atomic mass is 32.2. The minimum Gasteiger partial charge on any atom is -0.355 e. The van der Waals surface area contributed by atoms with Gasteiger partial charge in [0.2, 0.25) is 21.8 Å². The van der Waals surface area contributed by atoms with Crippen molar-refractivity contribution < 1.29 is 18.0 Å². The molecule has 0 aliphatic rings. The van der Waals surface area contributed by atoms with Gasteiger partial charge >= 0.3 is 0 Å². The second kappa shape index (κ2) is 10.1. The van der Waals surface area contributed by atoms with Gasteiger partial charge in [-0.3, -0.25) is 9.59 Å². The fourth-order valence-corrected chi connectivity index (χ4v) is 3.28.